The molecule has 6 rings (SSSR count). The van der Waals surface area contributed by atoms with E-state index in [4.69, 9.17) is 14.7 Å². The number of nitrogens with zero attached hydrogens (tertiary/aromatic N) is 4. The molecule has 170 valence electrons. The van der Waals surface area contributed by atoms with Crippen LogP contribution in [0.2, 0.25) is 0 Å². The molecule has 1 aliphatic heterocycles. The summed E-state index contributed by atoms with van der Waals surface area (Å²) < 4.78 is 6.62. The van der Waals surface area contributed by atoms with E-state index in [2.05, 4.69) is 26.5 Å². The number of ether oxygens (including phenoxy) is 1. The van der Waals surface area contributed by atoms with Crippen LogP contribution in [0.4, 0.5) is 5.82 Å². The molecule has 0 bridgehead atoms. The van der Waals surface area contributed by atoms with Crippen molar-refractivity contribution in [3.8, 4) is 21.8 Å². The highest BCUT2D eigenvalue weighted by atomic mass is 32.1. The van der Waals surface area contributed by atoms with Crippen molar-refractivity contribution in [2.75, 3.05) is 38.3 Å². The Balaban J connectivity index is 1.53. The minimum absolute atomic E-state index is 0.104. The maximum atomic E-state index is 12.2. The van der Waals surface area contributed by atoms with Crippen LogP contribution in [-0.2, 0) is 4.74 Å². The molecule has 1 saturated heterocycles. The second kappa shape index (κ2) is 8.51. The summed E-state index contributed by atoms with van der Waals surface area (Å²) in [5, 5.41) is 10.9. The minimum atomic E-state index is -0.104. The van der Waals surface area contributed by atoms with Gasteiger partial charge in [-0.1, -0.05) is 24.3 Å². The number of anilines is 1. The molecule has 4 heterocycles. The van der Waals surface area contributed by atoms with Gasteiger partial charge in [0.25, 0.3) is 5.91 Å². The highest BCUT2D eigenvalue weighted by molar-refractivity contribution is 7.22. The van der Waals surface area contributed by atoms with E-state index < -0.39 is 0 Å². The molecule has 0 atom stereocenters. The number of carbonyl (C=O) groups excluding carboxylic acids is 1. The second-order valence-electron chi connectivity index (χ2n) is 8.09. The van der Waals surface area contributed by atoms with Crippen molar-refractivity contribution in [3.05, 3.63) is 60.3 Å². The number of hydrogen-bond acceptors (Lipinski definition) is 7. The smallest absolute Gasteiger partial charge is 0.251 e. The van der Waals surface area contributed by atoms with Gasteiger partial charge in [0.15, 0.2) is 11.6 Å². The molecule has 3 aromatic heterocycles. The van der Waals surface area contributed by atoms with Gasteiger partial charge >= 0.3 is 0 Å². The van der Waals surface area contributed by atoms with Crippen LogP contribution in [0.25, 0.3) is 42.9 Å². The number of aromatic amines is 1. The van der Waals surface area contributed by atoms with Gasteiger partial charge in [-0.25, -0.2) is 9.97 Å². The van der Waals surface area contributed by atoms with Crippen LogP contribution >= 0.6 is 11.3 Å². The number of amides is 1. The van der Waals surface area contributed by atoms with Gasteiger partial charge in [0, 0.05) is 41.5 Å². The topological polar surface area (TPSA) is 96.0 Å². The van der Waals surface area contributed by atoms with Crippen LogP contribution < -0.4 is 10.2 Å². The van der Waals surface area contributed by atoms with E-state index in [1.165, 1.54) is 0 Å². The molecule has 2 N–H and O–H groups in total. The Morgan fingerprint density at radius 1 is 1.12 bits per heavy atom. The SMILES string of the molecule is CNC(=O)c1cccc(-c2cc3nc(-c4cccc5[nH]ncc45)nc(N4CCOCC4)c3s2)c1. The molecule has 0 aliphatic carbocycles. The van der Waals surface area contributed by atoms with Crippen LogP contribution in [0, 0.1) is 0 Å². The minimum Gasteiger partial charge on any atom is -0.378 e. The third-order valence-corrected chi connectivity index (χ3v) is 7.20. The first-order valence-electron chi connectivity index (χ1n) is 11.1. The zero-order valence-electron chi connectivity index (χ0n) is 18.5. The lowest BCUT2D eigenvalue weighted by Gasteiger charge is -2.28. The van der Waals surface area contributed by atoms with Gasteiger partial charge in [0.2, 0.25) is 0 Å². The van der Waals surface area contributed by atoms with E-state index in [1.807, 2.05) is 48.7 Å². The van der Waals surface area contributed by atoms with Crippen molar-refractivity contribution < 1.29 is 9.53 Å². The molecule has 5 aromatic rings. The molecule has 0 saturated carbocycles. The summed E-state index contributed by atoms with van der Waals surface area (Å²) in [7, 11) is 1.64. The normalized spacial score (nSPS) is 14.1. The monoisotopic (exact) mass is 470 g/mol. The summed E-state index contributed by atoms with van der Waals surface area (Å²) in [6, 6.07) is 15.8. The van der Waals surface area contributed by atoms with E-state index in [-0.39, 0.29) is 5.91 Å². The molecule has 1 amide bonds. The average molecular weight is 471 g/mol. The van der Waals surface area contributed by atoms with Crippen LogP contribution in [0.1, 0.15) is 10.4 Å². The number of benzene rings is 2. The highest BCUT2D eigenvalue weighted by Gasteiger charge is 2.21. The number of hydrogen-bond donors (Lipinski definition) is 2. The molecule has 1 aliphatic rings. The van der Waals surface area contributed by atoms with Gasteiger partial charge in [0.05, 0.1) is 35.1 Å². The number of aromatic nitrogens is 4. The van der Waals surface area contributed by atoms with Gasteiger partial charge < -0.3 is 15.0 Å². The maximum Gasteiger partial charge on any atom is 0.251 e. The summed E-state index contributed by atoms with van der Waals surface area (Å²) in [6.45, 7) is 2.90. The molecule has 9 heteroatoms. The molecule has 0 spiro atoms. The van der Waals surface area contributed by atoms with Gasteiger partial charge in [-0.15, -0.1) is 11.3 Å². The van der Waals surface area contributed by atoms with Gasteiger partial charge in [-0.3, -0.25) is 9.89 Å². The van der Waals surface area contributed by atoms with E-state index in [9.17, 15) is 4.79 Å². The predicted octanol–water partition coefficient (Wildman–Crippen LogP) is 4.10. The Kier molecular flexibility index (Phi) is 5.20. The molecule has 2 aromatic carbocycles. The lowest BCUT2D eigenvalue weighted by atomic mass is 10.1. The Morgan fingerprint density at radius 2 is 1.97 bits per heavy atom. The van der Waals surface area contributed by atoms with Crippen molar-refractivity contribution in [3.63, 3.8) is 0 Å². The van der Waals surface area contributed by atoms with Crippen molar-refractivity contribution in [1.29, 1.82) is 0 Å². The quantitative estimate of drug-likeness (QED) is 0.411. The zero-order chi connectivity index (χ0) is 23.1. The van der Waals surface area contributed by atoms with Crippen molar-refractivity contribution in [1.82, 2.24) is 25.5 Å². The number of fused-ring (bicyclic) bond motifs is 2. The number of morpholine rings is 1. The van der Waals surface area contributed by atoms with Crippen LogP contribution in [0.3, 0.4) is 0 Å². The van der Waals surface area contributed by atoms with Gasteiger partial charge in [-0.05, 0) is 29.8 Å². The largest absolute Gasteiger partial charge is 0.378 e. The fraction of sp³-hybridized carbons (Fsp3) is 0.200. The molecule has 8 nitrogen and oxygen atoms in total. The van der Waals surface area contributed by atoms with Gasteiger partial charge in [0.1, 0.15) is 0 Å². The summed E-state index contributed by atoms with van der Waals surface area (Å²) in [6.07, 6.45) is 1.82. The predicted molar refractivity (Wildman–Crippen MR) is 134 cm³/mol. The van der Waals surface area contributed by atoms with Crippen LogP contribution in [-0.4, -0.2) is 59.4 Å². The Hall–Kier alpha value is -3.82. The lowest BCUT2D eigenvalue weighted by Crippen LogP contribution is -2.36. The highest BCUT2D eigenvalue weighted by Crippen LogP contribution is 2.39. The second-order valence-corrected chi connectivity index (χ2v) is 9.14. The first-order valence-corrected chi connectivity index (χ1v) is 11.9. The fourth-order valence-electron chi connectivity index (χ4n) is 4.29. The molecule has 34 heavy (non-hydrogen) atoms. The van der Waals surface area contributed by atoms with Crippen LogP contribution in [0.5, 0.6) is 0 Å². The molecular formula is C25H22N6O2S. The average Bonchev–Trinajstić information content (AvgIpc) is 3.55. The number of rotatable bonds is 4. The fourth-order valence-corrected chi connectivity index (χ4v) is 5.40. The number of nitrogens with one attached hydrogen (secondary N) is 2. The lowest BCUT2D eigenvalue weighted by molar-refractivity contribution is 0.0963. The number of thiophene rings is 1. The number of carbonyl (C=O) groups is 1. The Bertz CT molecular complexity index is 1520. The number of H-pyrrole nitrogens is 1. The summed E-state index contributed by atoms with van der Waals surface area (Å²) >= 11 is 1.65. The van der Waals surface area contributed by atoms with Crippen LogP contribution in [0.15, 0.2) is 54.7 Å². The first-order chi connectivity index (χ1) is 16.7. The third kappa shape index (κ3) is 3.59. The summed E-state index contributed by atoms with van der Waals surface area (Å²) in [5.74, 6) is 1.49. The maximum absolute atomic E-state index is 12.2. The molecular weight excluding hydrogens is 448 g/mol. The third-order valence-electron chi connectivity index (χ3n) is 6.03. The summed E-state index contributed by atoms with van der Waals surface area (Å²) in [4.78, 5) is 25.5. The molecule has 0 radical (unpaired) electrons. The van der Waals surface area contributed by atoms with Gasteiger partial charge in [-0.2, -0.15) is 5.10 Å². The first kappa shape index (κ1) is 20.8. The van der Waals surface area contributed by atoms with E-state index >= 15 is 0 Å². The van der Waals surface area contributed by atoms with Crippen molar-refractivity contribution in [2.24, 2.45) is 0 Å². The van der Waals surface area contributed by atoms with E-state index in [0.717, 1.165) is 56.0 Å². The van der Waals surface area contributed by atoms with E-state index in [1.54, 1.807) is 18.4 Å². The zero-order valence-corrected chi connectivity index (χ0v) is 19.4. The van der Waals surface area contributed by atoms with Crippen molar-refractivity contribution >= 4 is 44.2 Å². The Labute approximate surface area is 199 Å². The summed E-state index contributed by atoms with van der Waals surface area (Å²) in [5.41, 5.74) is 4.39. The Morgan fingerprint density at radius 3 is 2.82 bits per heavy atom. The molecule has 1 fully saturated rings. The molecule has 0 unspecified atom stereocenters. The van der Waals surface area contributed by atoms with E-state index in [0.29, 0.717) is 24.6 Å². The standard InChI is InChI=1S/C25H22N6O2S/c1-26-25(32)16-5-2-4-15(12-16)21-13-20-22(34-21)24(31-8-10-33-11-9-31)29-23(28-20)17-6-3-7-19-18(17)14-27-30-19/h2-7,12-14H,8-11H2,1H3,(H,26,32)(H,27,30). The van der Waals surface area contributed by atoms with Crippen molar-refractivity contribution in [2.45, 2.75) is 0 Å².